The zero-order chi connectivity index (χ0) is 7.28. The molecule has 0 fully saturated rings. The first-order chi connectivity index (χ1) is 4.26. The molecule has 2 N–H and O–H groups in total. The maximum absolute atomic E-state index is 12.0. The molecule has 0 saturated carbocycles. The second-order valence-electron chi connectivity index (χ2n) is 2.54. The molecule has 0 spiro atoms. The van der Waals surface area contributed by atoms with Crippen molar-refractivity contribution in [3.05, 3.63) is 0 Å². The van der Waals surface area contributed by atoms with Crippen LogP contribution in [0.15, 0.2) is 0 Å². The van der Waals surface area contributed by atoms with Crippen LogP contribution in [-0.4, -0.2) is 13.2 Å². The first kappa shape index (κ1) is 8.89. The monoisotopic (exact) mass is 133 g/mol. The van der Waals surface area contributed by atoms with Crippen molar-refractivity contribution in [3.63, 3.8) is 0 Å². The Morgan fingerprint density at radius 3 is 2.22 bits per heavy atom. The van der Waals surface area contributed by atoms with Gasteiger partial charge in [-0.05, 0) is 12.5 Å². The van der Waals surface area contributed by atoms with Crippen LogP contribution >= 0.6 is 0 Å². The molecule has 1 nitrogen and oxygen atoms in total. The Hall–Kier alpha value is -0.110. The maximum atomic E-state index is 12.0. The van der Waals surface area contributed by atoms with Gasteiger partial charge in [0.05, 0.1) is 6.67 Å². The van der Waals surface area contributed by atoms with Crippen LogP contribution in [0.5, 0.6) is 0 Å². The quantitative estimate of drug-likeness (QED) is 0.619. The lowest BCUT2D eigenvalue weighted by Gasteiger charge is -2.16. The Morgan fingerprint density at radius 1 is 1.56 bits per heavy atom. The van der Waals surface area contributed by atoms with Gasteiger partial charge in [0, 0.05) is 5.92 Å². The van der Waals surface area contributed by atoms with Gasteiger partial charge in [-0.3, -0.25) is 4.39 Å². The van der Waals surface area contributed by atoms with Gasteiger partial charge in [0.1, 0.15) is 0 Å². The van der Waals surface area contributed by atoms with Crippen LogP contribution in [0.2, 0.25) is 0 Å². The number of halogens is 1. The fraction of sp³-hybridized carbons (Fsp3) is 1.00. The molecule has 0 amide bonds. The average Bonchev–Trinajstić information content (AvgIpc) is 1.90. The summed E-state index contributed by atoms with van der Waals surface area (Å²) in [7, 11) is 0. The van der Waals surface area contributed by atoms with Crippen LogP contribution in [-0.2, 0) is 0 Å². The van der Waals surface area contributed by atoms with E-state index in [2.05, 4.69) is 6.92 Å². The van der Waals surface area contributed by atoms with Crippen molar-refractivity contribution in [2.75, 3.05) is 13.2 Å². The van der Waals surface area contributed by atoms with E-state index in [1.54, 1.807) is 0 Å². The van der Waals surface area contributed by atoms with Gasteiger partial charge in [-0.25, -0.2) is 0 Å². The fourth-order valence-corrected chi connectivity index (χ4v) is 0.781. The van der Waals surface area contributed by atoms with E-state index < -0.39 is 0 Å². The Kier molecular flexibility index (Phi) is 4.68. The second-order valence-corrected chi connectivity index (χ2v) is 2.54. The van der Waals surface area contributed by atoms with Gasteiger partial charge in [0.15, 0.2) is 0 Å². The third-order valence-electron chi connectivity index (χ3n) is 1.95. The molecular formula is C7H16FN. The highest BCUT2D eigenvalue weighted by Crippen LogP contribution is 2.13. The van der Waals surface area contributed by atoms with Crippen LogP contribution in [0.25, 0.3) is 0 Å². The Morgan fingerprint density at radius 2 is 2.11 bits per heavy atom. The molecule has 0 aromatic carbocycles. The Labute approximate surface area is 56.4 Å². The molecule has 0 saturated heterocycles. The van der Waals surface area contributed by atoms with Gasteiger partial charge < -0.3 is 5.73 Å². The smallest absolute Gasteiger partial charge is 0.0937 e. The second kappa shape index (κ2) is 4.74. The highest BCUT2D eigenvalue weighted by Gasteiger charge is 2.12. The molecule has 2 heteroatoms. The van der Waals surface area contributed by atoms with E-state index in [0.29, 0.717) is 12.5 Å². The molecule has 0 aliphatic carbocycles. The number of alkyl halides is 1. The van der Waals surface area contributed by atoms with Crippen LogP contribution in [0.3, 0.4) is 0 Å². The summed E-state index contributed by atoms with van der Waals surface area (Å²) < 4.78 is 12.0. The molecule has 56 valence electrons. The minimum atomic E-state index is -0.272. The number of hydrogen-bond donors (Lipinski definition) is 1. The van der Waals surface area contributed by atoms with Gasteiger partial charge >= 0.3 is 0 Å². The topological polar surface area (TPSA) is 26.0 Å². The third-order valence-corrected chi connectivity index (χ3v) is 1.95. The zero-order valence-corrected chi connectivity index (χ0v) is 6.23. The lowest BCUT2D eigenvalue weighted by Crippen LogP contribution is -2.22. The number of hydrogen-bond acceptors (Lipinski definition) is 1. The summed E-state index contributed by atoms with van der Waals surface area (Å²) in [6.45, 7) is 4.30. The van der Waals surface area contributed by atoms with Crippen molar-refractivity contribution in [1.82, 2.24) is 0 Å². The van der Waals surface area contributed by atoms with E-state index in [4.69, 9.17) is 5.73 Å². The van der Waals surface area contributed by atoms with Crippen LogP contribution in [0, 0.1) is 11.8 Å². The molecule has 0 rings (SSSR count). The molecule has 0 heterocycles. The normalized spacial score (nSPS) is 17.3. The average molecular weight is 133 g/mol. The Bertz CT molecular complexity index is 61.9. The highest BCUT2D eigenvalue weighted by atomic mass is 19.1. The van der Waals surface area contributed by atoms with Gasteiger partial charge in [-0.1, -0.05) is 20.3 Å². The van der Waals surface area contributed by atoms with E-state index >= 15 is 0 Å². The van der Waals surface area contributed by atoms with Crippen LogP contribution in [0.1, 0.15) is 20.3 Å². The molecule has 0 bridgehead atoms. The van der Waals surface area contributed by atoms with E-state index in [0.717, 1.165) is 6.42 Å². The van der Waals surface area contributed by atoms with Crippen molar-refractivity contribution in [3.8, 4) is 0 Å². The van der Waals surface area contributed by atoms with Crippen molar-refractivity contribution >= 4 is 0 Å². The van der Waals surface area contributed by atoms with Gasteiger partial charge in [-0.15, -0.1) is 0 Å². The maximum Gasteiger partial charge on any atom is 0.0937 e. The Balaban J connectivity index is 3.50. The predicted molar refractivity (Wildman–Crippen MR) is 38.0 cm³/mol. The van der Waals surface area contributed by atoms with Gasteiger partial charge in [-0.2, -0.15) is 0 Å². The van der Waals surface area contributed by atoms with Gasteiger partial charge in [0.25, 0.3) is 0 Å². The highest BCUT2D eigenvalue weighted by molar-refractivity contribution is 4.64. The fourth-order valence-electron chi connectivity index (χ4n) is 0.781. The number of rotatable bonds is 4. The van der Waals surface area contributed by atoms with E-state index in [1.807, 2.05) is 6.92 Å². The van der Waals surface area contributed by atoms with E-state index in [1.165, 1.54) is 0 Å². The molecule has 0 aromatic rings. The zero-order valence-electron chi connectivity index (χ0n) is 6.23. The largest absolute Gasteiger partial charge is 0.330 e. The summed E-state index contributed by atoms with van der Waals surface area (Å²) in [6, 6.07) is 0. The van der Waals surface area contributed by atoms with Crippen LogP contribution < -0.4 is 5.73 Å². The summed E-state index contributed by atoms with van der Waals surface area (Å²) >= 11 is 0. The first-order valence-corrected chi connectivity index (χ1v) is 3.52. The lowest BCUT2D eigenvalue weighted by atomic mass is 9.93. The standard InChI is InChI=1S/C7H16FN/c1-3-6(2)7(4-8)5-9/h6-7H,3-5,9H2,1-2H3/t6-,7?/m0/s1. The summed E-state index contributed by atoms with van der Waals surface area (Å²) in [4.78, 5) is 0. The molecule has 0 aromatic heterocycles. The van der Waals surface area contributed by atoms with Crippen LogP contribution in [0.4, 0.5) is 4.39 Å². The first-order valence-electron chi connectivity index (χ1n) is 3.52. The van der Waals surface area contributed by atoms with E-state index in [9.17, 15) is 4.39 Å². The van der Waals surface area contributed by atoms with Gasteiger partial charge in [0.2, 0.25) is 0 Å². The SMILES string of the molecule is CC[C@H](C)C(CN)CF. The third kappa shape index (κ3) is 2.80. The van der Waals surface area contributed by atoms with Crippen molar-refractivity contribution in [2.24, 2.45) is 17.6 Å². The molecule has 0 radical (unpaired) electrons. The molecule has 9 heavy (non-hydrogen) atoms. The molecule has 1 unspecified atom stereocenters. The minimum absolute atomic E-state index is 0.0787. The minimum Gasteiger partial charge on any atom is -0.330 e. The van der Waals surface area contributed by atoms with Crippen molar-refractivity contribution < 1.29 is 4.39 Å². The predicted octanol–water partition coefficient (Wildman–Crippen LogP) is 1.58. The summed E-state index contributed by atoms with van der Waals surface area (Å²) in [5.74, 6) is 0.509. The molecule has 0 aliphatic rings. The molecule has 0 aliphatic heterocycles. The molecule has 2 atom stereocenters. The van der Waals surface area contributed by atoms with Crippen molar-refractivity contribution in [1.29, 1.82) is 0 Å². The number of nitrogens with two attached hydrogens (primary N) is 1. The summed E-state index contributed by atoms with van der Waals surface area (Å²) in [5.41, 5.74) is 5.32. The summed E-state index contributed by atoms with van der Waals surface area (Å²) in [6.07, 6.45) is 1.02. The lowest BCUT2D eigenvalue weighted by molar-refractivity contribution is 0.275. The van der Waals surface area contributed by atoms with Crippen molar-refractivity contribution in [2.45, 2.75) is 20.3 Å². The van der Waals surface area contributed by atoms with E-state index in [-0.39, 0.29) is 12.6 Å². The summed E-state index contributed by atoms with van der Waals surface area (Å²) in [5, 5.41) is 0. The molecular weight excluding hydrogens is 117 g/mol.